The van der Waals surface area contributed by atoms with Gasteiger partial charge in [-0.25, -0.2) is 4.79 Å². The molecule has 1 heterocycles. The number of aliphatic carboxylic acids is 1. The van der Waals surface area contributed by atoms with Gasteiger partial charge in [0.1, 0.15) is 12.4 Å². The van der Waals surface area contributed by atoms with E-state index in [1.807, 2.05) is 48.5 Å². The molecule has 222 valence electrons. The van der Waals surface area contributed by atoms with Gasteiger partial charge in [-0.3, -0.25) is 9.69 Å². The Kier molecular flexibility index (Phi) is 9.92. The fourth-order valence-corrected chi connectivity index (χ4v) is 5.05. The first-order valence-electron chi connectivity index (χ1n) is 14.4. The smallest absolute Gasteiger partial charge is 0.335 e. The van der Waals surface area contributed by atoms with Crippen molar-refractivity contribution in [2.24, 2.45) is 0 Å². The summed E-state index contributed by atoms with van der Waals surface area (Å²) in [7, 11) is 0. The highest BCUT2D eigenvalue weighted by molar-refractivity contribution is 5.87. The quantitative estimate of drug-likeness (QED) is 0.150. The second-order valence-corrected chi connectivity index (χ2v) is 10.5. The summed E-state index contributed by atoms with van der Waals surface area (Å²) in [5.74, 6) is 0.623. The molecule has 43 heavy (non-hydrogen) atoms. The number of para-hydroxylation sites is 1. The highest BCUT2D eigenvalue weighted by Crippen LogP contribution is 2.36. The second-order valence-electron chi connectivity index (χ2n) is 10.5. The van der Waals surface area contributed by atoms with Gasteiger partial charge in [0.2, 0.25) is 6.79 Å². The molecule has 1 aliphatic rings. The van der Waals surface area contributed by atoms with Crippen molar-refractivity contribution in [1.29, 1.82) is 0 Å². The van der Waals surface area contributed by atoms with E-state index in [1.165, 1.54) is 0 Å². The number of ether oxygens (including phenoxy) is 3. The van der Waals surface area contributed by atoms with E-state index < -0.39 is 11.9 Å². The SMILES string of the molecule is O=C(O)CCCCN(CCc1ccccc1OCc1ccc(-c2ccc3c(c2)OCO3)cc1)Cc1ccc(C(=O)O)cc1. The zero-order valence-electron chi connectivity index (χ0n) is 23.9. The van der Waals surface area contributed by atoms with Crippen molar-refractivity contribution in [3.8, 4) is 28.4 Å². The molecule has 0 saturated heterocycles. The van der Waals surface area contributed by atoms with Gasteiger partial charge in [-0.15, -0.1) is 0 Å². The van der Waals surface area contributed by atoms with Crippen LogP contribution in [0.3, 0.4) is 0 Å². The predicted octanol–water partition coefficient (Wildman–Crippen LogP) is 6.66. The van der Waals surface area contributed by atoms with Crippen molar-refractivity contribution < 1.29 is 34.0 Å². The molecular weight excluding hydrogens is 546 g/mol. The summed E-state index contributed by atoms with van der Waals surface area (Å²) in [4.78, 5) is 24.5. The number of hydrogen-bond donors (Lipinski definition) is 2. The third-order valence-corrected chi connectivity index (χ3v) is 7.45. The molecule has 0 atom stereocenters. The van der Waals surface area contributed by atoms with Gasteiger partial charge in [0.05, 0.1) is 5.56 Å². The minimum atomic E-state index is -0.950. The van der Waals surface area contributed by atoms with Crippen molar-refractivity contribution in [3.63, 3.8) is 0 Å². The summed E-state index contributed by atoms with van der Waals surface area (Å²) in [6, 6.07) is 29.2. The predicted molar refractivity (Wildman–Crippen MR) is 163 cm³/mol. The van der Waals surface area contributed by atoms with E-state index in [9.17, 15) is 14.7 Å². The van der Waals surface area contributed by atoms with Crippen LogP contribution in [0, 0.1) is 0 Å². The lowest BCUT2D eigenvalue weighted by Gasteiger charge is -2.23. The largest absolute Gasteiger partial charge is 0.489 e. The molecule has 0 spiro atoms. The molecule has 4 aromatic rings. The van der Waals surface area contributed by atoms with Crippen LogP contribution in [0.2, 0.25) is 0 Å². The Bertz CT molecular complexity index is 1530. The molecule has 8 nitrogen and oxygen atoms in total. The minimum Gasteiger partial charge on any atom is -0.489 e. The van der Waals surface area contributed by atoms with Gasteiger partial charge >= 0.3 is 11.9 Å². The third-order valence-electron chi connectivity index (χ3n) is 7.45. The van der Waals surface area contributed by atoms with Gasteiger partial charge in [0.15, 0.2) is 11.5 Å². The maximum Gasteiger partial charge on any atom is 0.335 e. The molecule has 0 unspecified atom stereocenters. The number of unbranched alkanes of at least 4 members (excludes halogenated alkanes) is 1. The van der Waals surface area contributed by atoms with E-state index in [0.29, 0.717) is 19.6 Å². The molecular formula is C35H35NO7. The van der Waals surface area contributed by atoms with Crippen LogP contribution in [0.4, 0.5) is 0 Å². The Hall–Kier alpha value is -4.82. The van der Waals surface area contributed by atoms with E-state index in [2.05, 4.69) is 35.2 Å². The van der Waals surface area contributed by atoms with Crippen molar-refractivity contribution in [3.05, 3.63) is 113 Å². The van der Waals surface area contributed by atoms with Gasteiger partial charge in [0, 0.05) is 19.5 Å². The Morgan fingerprint density at radius 1 is 0.767 bits per heavy atom. The van der Waals surface area contributed by atoms with Gasteiger partial charge in [-0.2, -0.15) is 0 Å². The van der Waals surface area contributed by atoms with Crippen LogP contribution in [-0.2, 0) is 24.4 Å². The first-order chi connectivity index (χ1) is 20.9. The molecule has 8 heteroatoms. The van der Waals surface area contributed by atoms with E-state index in [4.69, 9.17) is 19.3 Å². The first kappa shape index (κ1) is 29.7. The van der Waals surface area contributed by atoms with Crippen LogP contribution in [0.1, 0.15) is 46.3 Å². The van der Waals surface area contributed by atoms with Gasteiger partial charge in [0.25, 0.3) is 0 Å². The van der Waals surface area contributed by atoms with Crippen molar-refractivity contribution in [2.75, 3.05) is 19.9 Å². The molecule has 0 fully saturated rings. The second kappa shape index (κ2) is 14.4. The van der Waals surface area contributed by atoms with Crippen LogP contribution in [0.5, 0.6) is 17.2 Å². The number of nitrogens with zero attached hydrogens (tertiary/aromatic N) is 1. The minimum absolute atomic E-state index is 0.148. The van der Waals surface area contributed by atoms with E-state index in [-0.39, 0.29) is 18.8 Å². The zero-order chi connectivity index (χ0) is 30.0. The highest BCUT2D eigenvalue weighted by atomic mass is 16.7. The third kappa shape index (κ3) is 8.36. The summed E-state index contributed by atoms with van der Waals surface area (Å²) in [5, 5.41) is 18.2. The Morgan fingerprint density at radius 2 is 1.49 bits per heavy atom. The fraction of sp³-hybridized carbons (Fsp3) is 0.257. The molecule has 0 aliphatic carbocycles. The van der Waals surface area contributed by atoms with Crippen LogP contribution in [0.15, 0.2) is 91.0 Å². The number of carbonyl (C=O) groups is 2. The monoisotopic (exact) mass is 581 g/mol. The number of carboxylic acid groups (broad SMARTS) is 2. The number of rotatable bonds is 15. The number of hydrogen-bond acceptors (Lipinski definition) is 6. The van der Waals surface area contributed by atoms with Crippen LogP contribution in [0.25, 0.3) is 11.1 Å². The summed E-state index contributed by atoms with van der Waals surface area (Å²) in [6.07, 6.45) is 2.28. The number of fused-ring (bicyclic) bond motifs is 1. The molecule has 0 amide bonds. The summed E-state index contributed by atoms with van der Waals surface area (Å²) in [5.41, 5.74) is 5.57. The molecule has 0 saturated carbocycles. The van der Waals surface area contributed by atoms with Crippen LogP contribution in [-0.4, -0.2) is 46.9 Å². The lowest BCUT2D eigenvalue weighted by atomic mass is 10.0. The molecule has 0 aromatic heterocycles. The van der Waals surface area contributed by atoms with Crippen molar-refractivity contribution in [2.45, 2.75) is 38.8 Å². The van der Waals surface area contributed by atoms with Crippen LogP contribution < -0.4 is 14.2 Å². The maximum absolute atomic E-state index is 11.2. The average molecular weight is 582 g/mol. The summed E-state index contributed by atoms with van der Waals surface area (Å²) < 4.78 is 17.2. The highest BCUT2D eigenvalue weighted by Gasteiger charge is 2.14. The first-order valence-corrected chi connectivity index (χ1v) is 14.4. The maximum atomic E-state index is 11.2. The Balaban J connectivity index is 1.19. The lowest BCUT2D eigenvalue weighted by molar-refractivity contribution is -0.137. The van der Waals surface area contributed by atoms with E-state index in [0.717, 1.165) is 71.0 Å². The standard InChI is InChI=1S/C35H35NO7/c37-34(38)7-3-4-19-36(22-25-8-14-29(15-9-25)35(39)40)20-18-28-5-1-2-6-31(28)41-23-26-10-12-27(13-11-26)30-16-17-32-33(21-30)43-24-42-32/h1-2,5-6,8-17,21H,3-4,7,18-20,22-24H2,(H,37,38)(H,39,40). The topological polar surface area (TPSA) is 106 Å². The van der Waals surface area contributed by atoms with Crippen molar-refractivity contribution in [1.82, 2.24) is 4.90 Å². The van der Waals surface area contributed by atoms with E-state index >= 15 is 0 Å². The number of carboxylic acids is 2. The molecule has 0 radical (unpaired) electrons. The average Bonchev–Trinajstić information content (AvgIpc) is 3.50. The molecule has 5 rings (SSSR count). The van der Waals surface area contributed by atoms with Gasteiger partial charge < -0.3 is 24.4 Å². The van der Waals surface area contributed by atoms with Gasteiger partial charge in [-0.05, 0) is 84.0 Å². The Morgan fingerprint density at radius 3 is 2.26 bits per heavy atom. The summed E-state index contributed by atoms with van der Waals surface area (Å²) >= 11 is 0. The molecule has 2 N–H and O–H groups in total. The van der Waals surface area contributed by atoms with E-state index in [1.54, 1.807) is 12.1 Å². The number of aromatic carboxylic acids is 1. The van der Waals surface area contributed by atoms with Crippen LogP contribution >= 0.6 is 0 Å². The molecule has 1 aliphatic heterocycles. The normalized spacial score (nSPS) is 11.9. The summed E-state index contributed by atoms with van der Waals surface area (Å²) in [6.45, 7) is 2.83. The Labute approximate surface area is 251 Å². The lowest BCUT2D eigenvalue weighted by Crippen LogP contribution is -2.27. The fourth-order valence-electron chi connectivity index (χ4n) is 5.05. The number of benzene rings is 4. The van der Waals surface area contributed by atoms with Crippen molar-refractivity contribution >= 4 is 11.9 Å². The zero-order valence-corrected chi connectivity index (χ0v) is 23.9. The molecule has 4 aromatic carbocycles. The molecule has 0 bridgehead atoms. The van der Waals surface area contributed by atoms with Gasteiger partial charge in [-0.1, -0.05) is 60.7 Å².